The van der Waals surface area contributed by atoms with Crippen molar-refractivity contribution in [1.82, 2.24) is 5.32 Å². The molecular weight excluding hydrogens is 257 g/mol. The van der Waals surface area contributed by atoms with Gasteiger partial charge in [0, 0.05) is 18.7 Å². The second-order valence-corrected chi connectivity index (χ2v) is 5.35. The van der Waals surface area contributed by atoms with E-state index in [9.17, 15) is 4.39 Å². The van der Waals surface area contributed by atoms with E-state index in [1.807, 2.05) is 6.92 Å². The summed E-state index contributed by atoms with van der Waals surface area (Å²) in [5.41, 5.74) is 0.363. The van der Waals surface area contributed by atoms with Crippen LogP contribution < -0.4 is 10.1 Å². The lowest BCUT2D eigenvalue weighted by molar-refractivity contribution is -0.0372. The van der Waals surface area contributed by atoms with Crippen LogP contribution >= 0.6 is 0 Å². The molecule has 0 heterocycles. The molecule has 1 fully saturated rings. The molecule has 1 N–H and O–H groups in total. The maximum Gasteiger partial charge on any atom is 0.131 e. The zero-order valence-corrected chi connectivity index (χ0v) is 12.5. The van der Waals surface area contributed by atoms with Crippen molar-refractivity contribution in [2.45, 2.75) is 44.2 Å². The summed E-state index contributed by atoms with van der Waals surface area (Å²) < 4.78 is 25.3. The normalized spacial score (nSPS) is 19.0. The van der Waals surface area contributed by atoms with Crippen LogP contribution in [0.25, 0.3) is 0 Å². The zero-order chi connectivity index (χ0) is 14.6. The van der Waals surface area contributed by atoms with Gasteiger partial charge >= 0.3 is 0 Å². The summed E-state index contributed by atoms with van der Waals surface area (Å²) in [6.45, 7) is 2.81. The Kier molecular flexibility index (Phi) is 5.00. The standard InChI is InChI=1S/C16H24FNO2/c1-4-18-15(16(20-3)9-5-6-10-16)13-8-7-12(19-2)11-14(13)17/h7-8,11,15,18H,4-6,9-10H2,1-3H3. The number of methoxy groups -OCH3 is 2. The zero-order valence-electron chi connectivity index (χ0n) is 12.5. The molecular formula is C16H24FNO2. The number of rotatable bonds is 6. The minimum absolute atomic E-state index is 0.120. The van der Waals surface area contributed by atoms with Crippen LogP contribution in [-0.2, 0) is 4.74 Å². The molecule has 112 valence electrons. The number of nitrogens with one attached hydrogen (secondary N) is 1. The molecule has 4 heteroatoms. The van der Waals surface area contributed by atoms with Gasteiger partial charge in [0.2, 0.25) is 0 Å². The Bertz CT molecular complexity index is 444. The minimum Gasteiger partial charge on any atom is -0.497 e. The van der Waals surface area contributed by atoms with E-state index < -0.39 is 0 Å². The van der Waals surface area contributed by atoms with Crippen LogP contribution in [0.2, 0.25) is 0 Å². The van der Waals surface area contributed by atoms with Gasteiger partial charge in [-0.3, -0.25) is 0 Å². The Morgan fingerprint density at radius 3 is 2.50 bits per heavy atom. The van der Waals surface area contributed by atoms with Gasteiger partial charge in [-0.2, -0.15) is 0 Å². The topological polar surface area (TPSA) is 30.5 Å². The van der Waals surface area contributed by atoms with E-state index in [0.717, 1.165) is 32.2 Å². The van der Waals surface area contributed by atoms with Crippen LogP contribution in [0.5, 0.6) is 5.75 Å². The average Bonchev–Trinajstić information content (AvgIpc) is 2.95. The lowest BCUT2D eigenvalue weighted by Gasteiger charge is -2.37. The van der Waals surface area contributed by atoms with Gasteiger partial charge in [-0.1, -0.05) is 25.8 Å². The quantitative estimate of drug-likeness (QED) is 0.866. The van der Waals surface area contributed by atoms with Crippen LogP contribution in [0.15, 0.2) is 18.2 Å². The van der Waals surface area contributed by atoms with Crippen molar-refractivity contribution in [2.24, 2.45) is 0 Å². The third-order valence-electron chi connectivity index (χ3n) is 4.31. The lowest BCUT2D eigenvalue weighted by Crippen LogP contribution is -2.44. The lowest BCUT2D eigenvalue weighted by atomic mass is 9.86. The molecule has 3 nitrogen and oxygen atoms in total. The molecule has 0 bridgehead atoms. The third kappa shape index (κ3) is 2.81. The van der Waals surface area contributed by atoms with E-state index in [1.165, 1.54) is 6.07 Å². The summed E-state index contributed by atoms with van der Waals surface area (Å²) in [6.07, 6.45) is 4.19. The summed E-state index contributed by atoms with van der Waals surface area (Å²) in [5.74, 6) is 0.304. The highest BCUT2D eigenvalue weighted by atomic mass is 19.1. The predicted molar refractivity (Wildman–Crippen MR) is 77.6 cm³/mol. The molecule has 1 aliphatic rings. The van der Waals surface area contributed by atoms with Crippen molar-refractivity contribution in [3.63, 3.8) is 0 Å². The summed E-state index contributed by atoms with van der Waals surface area (Å²) in [6, 6.07) is 4.94. The van der Waals surface area contributed by atoms with Gasteiger partial charge in [0.1, 0.15) is 11.6 Å². The Morgan fingerprint density at radius 1 is 1.30 bits per heavy atom. The van der Waals surface area contributed by atoms with E-state index in [2.05, 4.69) is 5.32 Å². The second-order valence-electron chi connectivity index (χ2n) is 5.35. The van der Waals surface area contributed by atoms with E-state index in [0.29, 0.717) is 11.3 Å². The largest absolute Gasteiger partial charge is 0.497 e. The highest BCUT2D eigenvalue weighted by Crippen LogP contribution is 2.43. The smallest absolute Gasteiger partial charge is 0.131 e. The molecule has 1 aromatic carbocycles. The Balaban J connectivity index is 2.37. The van der Waals surface area contributed by atoms with Crippen molar-refractivity contribution in [3.05, 3.63) is 29.6 Å². The van der Waals surface area contributed by atoms with Crippen molar-refractivity contribution in [3.8, 4) is 5.75 Å². The van der Waals surface area contributed by atoms with E-state index in [-0.39, 0.29) is 17.5 Å². The molecule has 1 aromatic rings. The molecule has 1 atom stereocenters. The monoisotopic (exact) mass is 281 g/mol. The van der Waals surface area contributed by atoms with Crippen molar-refractivity contribution < 1.29 is 13.9 Å². The third-order valence-corrected chi connectivity index (χ3v) is 4.31. The molecule has 0 aromatic heterocycles. The summed E-state index contributed by atoms with van der Waals surface area (Å²) in [5, 5.41) is 3.41. The number of hydrogen-bond acceptors (Lipinski definition) is 3. The summed E-state index contributed by atoms with van der Waals surface area (Å²) >= 11 is 0. The number of benzene rings is 1. The molecule has 0 spiro atoms. The maximum atomic E-state index is 14.4. The van der Waals surface area contributed by atoms with Crippen LogP contribution in [-0.4, -0.2) is 26.4 Å². The molecule has 2 rings (SSSR count). The van der Waals surface area contributed by atoms with E-state index in [4.69, 9.17) is 9.47 Å². The van der Waals surface area contributed by atoms with Crippen LogP contribution in [0.3, 0.4) is 0 Å². The molecule has 0 saturated heterocycles. The maximum absolute atomic E-state index is 14.4. The first-order valence-corrected chi connectivity index (χ1v) is 7.29. The molecule has 20 heavy (non-hydrogen) atoms. The average molecular weight is 281 g/mol. The first-order chi connectivity index (χ1) is 9.66. The van der Waals surface area contributed by atoms with Gasteiger partial charge in [0.05, 0.1) is 18.8 Å². The number of ether oxygens (including phenoxy) is 2. The molecule has 1 unspecified atom stereocenters. The molecule has 1 saturated carbocycles. The number of hydrogen-bond donors (Lipinski definition) is 1. The fourth-order valence-corrected chi connectivity index (χ4v) is 3.24. The van der Waals surface area contributed by atoms with Crippen molar-refractivity contribution >= 4 is 0 Å². The van der Waals surface area contributed by atoms with Crippen molar-refractivity contribution in [2.75, 3.05) is 20.8 Å². The van der Waals surface area contributed by atoms with Gasteiger partial charge < -0.3 is 14.8 Å². The number of likely N-dealkylation sites (N-methyl/N-ethyl adjacent to an activating group) is 1. The van der Waals surface area contributed by atoms with Gasteiger partial charge in [0.15, 0.2) is 0 Å². The van der Waals surface area contributed by atoms with Gasteiger partial charge in [-0.15, -0.1) is 0 Å². The van der Waals surface area contributed by atoms with Crippen LogP contribution in [0.1, 0.15) is 44.2 Å². The SMILES string of the molecule is CCNC(c1ccc(OC)cc1F)C1(OC)CCCC1. The molecule has 0 radical (unpaired) electrons. The molecule has 0 amide bonds. The number of halogens is 1. The van der Waals surface area contributed by atoms with Gasteiger partial charge in [-0.25, -0.2) is 4.39 Å². The second kappa shape index (κ2) is 6.55. The molecule has 1 aliphatic carbocycles. The Labute approximate surface area is 120 Å². The van der Waals surface area contributed by atoms with E-state index >= 15 is 0 Å². The Morgan fingerprint density at radius 2 is 2.00 bits per heavy atom. The highest BCUT2D eigenvalue weighted by molar-refractivity contribution is 5.32. The van der Waals surface area contributed by atoms with E-state index in [1.54, 1.807) is 26.4 Å². The Hall–Kier alpha value is -1.13. The fourth-order valence-electron chi connectivity index (χ4n) is 3.24. The summed E-state index contributed by atoms with van der Waals surface area (Å²) in [7, 11) is 3.28. The predicted octanol–water partition coefficient (Wildman–Crippen LogP) is 3.44. The van der Waals surface area contributed by atoms with Crippen LogP contribution in [0, 0.1) is 5.82 Å². The van der Waals surface area contributed by atoms with Crippen molar-refractivity contribution in [1.29, 1.82) is 0 Å². The fraction of sp³-hybridized carbons (Fsp3) is 0.625. The first-order valence-electron chi connectivity index (χ1n) is 7.29. The summed E-state index contributed by atoms with van der Waals surface area (Å²) in [4.78, 5) is 0. The highest BCUT2D eigenvalue weighted by Gasteiger charge is 2.43. The van der Waals surface area contributed by atoms with Gasteiger partial charge in [0.25, 0.3) is 0 Å². The molecule has 0 aliphatic heterocycles. The van der Waals surface area contributed by atoms with Gasteiger partial charge in [-0.05, 0) is 25.5 Å². The first kappa shape index (κ1) is 15.3. The minimum atomic E-state index is -0.300. The van der Waals surface area contributed by atoms with Crippen LogP contribution in [0.4, 0.5) is 4.39 Å².